The van der Waals surface area contributed by atoms with Gasteiger partial charge in [-0.2, -0.15) is 0 Å². The summed E-state index contributed by atoms with van der Waals surface area (Å²) in [6.45, 7) is 1.56. The first-order chi connectivity index (χ1) is 10.8. The van der Waals surface area contributed by atoms with Crippen molar-refractivity contribution >= 4 is 5.91 Å². The highest BCUT2D eigenvalue weighted by Gasteiger charge is 2.34. The molecular formula is C18H32N2O2. The number of amides is 1. The van der Waals surface area contributed by atoms with E-state index in [9.17, 15) is 4.79 Å². The van der Waals surface area contributed by atoms with Crippen LogP contribution in [0.4, 0.5) is 0 Å². The Bertz CT molecular complexity index is 343. The Hall–Kier alpha value is -0.610. The molecule has 4 heteroatoms. The third-order valence-electron chi connectivity index (χ3n) is 5.59. The molecule has 2 aliphatic heterocycles. The minimum absolute atomic E-state index is 0.240. The van der Waals surface area contributed by atoms with Crippen molar-refractivity contribution in [2.75, 3.05) is 13.2 Å². The van der Waals surface area contributed by atoms with Gasteiger partial charge in [0.25, 0.3) is 0 Å². The molecular weight excluding hydrogens is 276 g/mol. The largest absolute Gasteiger partial charge is 0.378 e. The summed E-state index contributed by atoms with van der Waals surface area (Å²) in [5.41, 5.74) is 0. The zero-order valence-corrected chi connectivity index (χ0v) is 13.8. The van der Waals surface area contributed by atoms with Gasteiger partial charge in [0.05, 0.1) is 6.10 Å². The Kier molecular flexibility index (Phi) is 6.13. The van der Waals surface area contributed by atoms with Crippen LogP contribution < -0.4 is 10.6 Å². The smallest absolute Gasteiger partial charge is 0.220 e. The average molecular weight is 308 g/mol. The van der Waals surface area contributed by atoms with Crippen LogP contribution in [0.25, 0.3) is 0 Å². The lowest BCUT2D eigenvalue weighted by Crippen LogP contribution is -2.39. The monoisotopic (exact) mass is 308 g/mol. The lowest BCUT2D eigenvalue weighted by molar-refractivity contribution is -0.122. The van der Waals surface area contributed by atoms with Gasteiger partial charge in [0, 0.05) is 31.7 Å². The maximum atomic E-state index is 12.0. The highest BCUT2D eigenvalue weighted by molar-refractivity contribution is 5.76. The molecule has 0 aromatic carbocycles. The van der Waals surface area contributed by atoms with Crippen LogP contribution in [0.5, 0.6) is 0 Å². The molecule has 2 unspecified atom stereocenters. The van der Waals surface area contributed by atoms with Gasteiger partial charge in [-0.3, -0.25) is 4.79 Å². The standard InChI is InChI=1S/C18H32N2O2/c21-18(13-14-11-15-7-8-16(12-14)20-15)19-9-4-10-22-17-5-2-1-3-6-17/h14-17,20H,1-13H2,(H,19,21). The second-order valence-corrected chi connectivity index (χ2v) is 7.51. The Labute approximate surface area is 134 Å². The fourth-order valence-electron chi connectivity index (χ4n) is 4.46. The number of hydrogen-bond donors (Lipinski definition) is 2. The predicted octanol–water partition coefficient (Wildman–Crippen LogP) is 2.76. The third kappa shape index (κ3) is 4.95. The fraction of sp³-hybridized carbons (Fsp3) is 0.944. The van der Waals surface area contributed by atoms with E-state index < -0.39 is 0 Å². The summed E-state index contributed by atoms with van der Waals surface area (Å²) >= 11 is 0. The number of fused-ring (bicyclic) bond motifs is 2. The van der Waals surface area contributed by atoms with Crippen LogP contribution >= 0.6 is 0 Å². The molecule has 0 aromatic rings. The van der Waals surface area contributed by atoms with E-state index in [0.29, 0.717) is 24.1 Å². The van der Waals surface area contributed by atoms with Gasteiger partial charge in [-0.15, -0.1) is 0 Å². The molecule has 3 aliphatic rings. The lowest BCUT2D eigenvalue weighted by Gasteiger charge is -2.28. The second-order valence-electron chi connectivity index (χ2n) is 7.51. The maximum absolute atomic E-state index is 12.0. The van der Waals surface area contributed by atoms with E-state index in [1.807, 2.05) is 0 Å². The van der Waals surface area contributed by atoms with E-state index in [0.717, 1.165) is 26.0 Å². The number of ether oxygens (including phenoxy) is 1. The molecule has 3 rings (SSSR count). The highest BCUT2D eigenvalue weighted by atomic mass is 16.5. The van der Waals surface area contributed by atoms with Gasteiger partial charge < -0.3 is 15.4 Å². The predicted molar refractivity (Wildman–Crippen MR) is 87.7 cm³/mol. The van der Waals surface area contributed by atoms with Crippen LogP contribution in [-0.2, 0) is 9.53 Å². The van der Waals surface area contributed by atoms with Crippen molar-refractivity contribution < 1.29 is 9.53 Å². The van der Waals surface area contributed by atoms with E-state index in [2.05, 4.69) is 10.6 Å². The molecule has 2 N–H and O–H groups in total. The van der Waals surface area contributed by atoms with Crippen LogP contribution in [0.1, 0.15) is 70.6 Å². The van der Waals surface area contributed by atoms with Gasteiger partial charge in [-0.05, 0) is 50.9 Å². The number of nitrogens with one attached hydrogen (secondary N) is 2. The Morgan fingerprint density at radius 2 is 1.77 bits per heavy atom. The normalized spacial score (nSPS) is 32.1. The lowest BCUT2D eigenvalue weighted by atomic mass is 9.89. The first-order valence-corrected chi connectivity index (χ1v) is 9.44. The molecule has 0 aromatic heterocycles. The summed E-state index contributed by atoms with van der Waals surface area (Å²) < 4.78 is 5.89. The summed E-state index contributed by atoms with van der Waals surface area (Å²) in [6.07, 6.45) is 13.6. The number of carbonyl (C=O) groups excluding carboxylic acids is 1. The first-order valence-electron chi connectivity index (χ1n) is 9.44. The van der Waals surface area contributed by atoms with Crippen LogP contribution in [-0.4, -0.2) is 37.2 Å². The third-order valence-corrected chi connectivity index (χ3v) is 5.59. The van der Waals surface area contributed by atoms with Crippen LogP contribution in [0.15, 0.2) is 0 Å². The maximum Gasteiger partial charge on any atom is 0.220 e. The molecule has 4 nitrogen and oxygen atoms in total. The summed E-state index contributed by atoms with van der Waals surface area (Å²) in [5.74, 6) is 0.834. The van der Waals surface area contributed by atoms with Gasteiger partial charge in [-0.25, -0.2) is 0 Å². The van der Waals surface area contributed by atoms with Gasteiger partial charge >= 0.3 is 0 Å². The molecule has 1 saturated carbocycles. The van der Waals surface area contributed by atoms with Crippen molar-refractivity contribution in [3.8, 4) is 0 Å². The Morgan fingerprint density at radius 3 is 2.50 bits per heavy atom. The number of hydrogen-bond acceptors (Lipinski definition) is 3. The van der Waals surface area contributed by atoms with Crippen molar-refractivity contribution in [2.24, 2.45) is 5.92 Å². The van der Waals surface area contributed by atoms with Gasteiger partial charge in [-0.1, -0.05) is 19.3 Å². The Balaban J connectivity index is 1.22. The minimum atomic E-state index is 0.240. The van der Waals surface area contributed by atoms with E-state index in [1.165, 1.54) is 57.8 Å². The first kappa shape index (κ1) is 16.3. The zero-order valence-electron chi connectivity index (χ0n) is 13.8. The second kappa shape index (κ2) is 8.30. The van der Waals surface area contributed by atoms with Gasteiger partial charge in [0.15, 0.2) is 0 Å². The van der Waals surface area contributed by atoms with Crippen LogP contribution in [0.2, 0.25) is 0 Å². The molecule has 2 atom stereocenters. The van der Waals surface area contributed by atoms with E-state index in [4.69, 9.17) is 4.74 Å². The molecule has 2 saturated heterocycles. The van der Waals surface area contributed by atoms with Gasteiger partial charge in [0.1, 0.15) is 0 Å². The van der Waals surface area contributed by atoms with Crippen molar-refractivity contribution in [3.63, 3.8) is 0 Å². The van der Waals surface area contributed by atoms with Gasteiger partial charge in [0.2, 0.25) is 5.91 Å². The average Bonchev–Trinajstić information content (AvgIpc) is 2.87. The number of piperidine rings is 1. The van der Waals surface area contributed by atoms with Crippen molar-refractivity contribution in [2.45, 2.75) is 88.8 Å². The molecule has 1 aliphatic carbocycles. The zero-order chi connectivity index (χ0) is 15.2. The number of rotatable bonds is 7. The quantitative estimate of drug-likeness (QED) is 0.711. The van der Waals surface area contributed by atoms with Crippen molar-refractivity contribution in [3.05, 3.63) is 0 Å². The molecule has 2 bridgehead atoms. The van der Waals surface area contributed by atoms with Crippen molar-refractivity contribution in [1.82, 2.24) is 10.6 Å². The van der Waals surface area contributed by atoms with Crippen molar-refractivity contribution in [1.29, 1.82) is 0 Å². The number of carbonyl (C=O) groups is 1. The summed E-state index contributed by atoms with van der Waals surface area (Å²) in [7, 11) is 0. The molecule has 2 heterocycles. The summed E-state index contributed by atoms with van der Waals surface area (Å²) in [5, 5.41) is 6.71. The van der Waals surface area contributed by atoms with E-state index in [-0.39, 0.29) is 5.91 Å². The molecule has 1 amide bonds. The molecule has 0 spiro atoms. The highest BCUT2D eigenvalue weighted by Crippen LogP contribution is 2.32. The topological polar surface area (TPSA) is 50.4 Å². The summed E-state index contributed by atoms with van der Waals surface area (Å²) in [6, 6.07) is 1.36. The molecule has 22 heavy (non-hydrogen) atoms. The Morgan fingerprint density at radius 1 is 1.05 bits per heavy atom. The van der Waals surface area contributed by atoms with E-state index in [1.54, 1.807) is 0 Å². The summed E-state index contributed by atoms with van der Waals surface area (Å²) in [4.78, 5) is 12.0. The molecule has 3 fully saturated rings. The molecule has 126 valence electrons. The SMILES string of the molecule is O=C(CC1CC2CCC(C1)N2)NCCCOC1CCCCC1. The van der Waals surface area contributed by atoms with Crippen LogP contribution in [0.3, 0.4) is 0 Å². The molecule has 0 radical (unpaired) electrons. The van der Waals surface area contributed by atoms with Crippen LogP contribution in [0, 0.1) is 5.92 Å². The minimum Gasteiger partial charge on any atom is -0.378 e. The van der Waals surface area contributed by atoms with E-state index >= 15 is 0 Å². The fourth-order valence-corrected chi connectivity index (χ4v) is 4.46.